The minimum atomic E-state index is 0.714. The maximum Gasteiger partial charge on any atom is 0.0193 e. The zero-order valence-corrected chi connectivity index (χ0v) is 7.93. The van der Waals surface area contributed by atoms with Crippen molar-refractivity contribution in [2.24, 2.45) is 0 Å². The van der Waals surface area contributed by atoms with Gasteiger partial charge in [0.2, 0.25) is 0 Å². The van der Waals surface area contributed by atoms with Crippen molar-refractivity contribution in [3.05, 3.63) is 0 Å². The van der Waals surface area contributed by atoms with Gasteiger partial charge in [-0.1, -0.05) is 6.92 Å². The molecule has 2 nitrogen and oxygen atoms in total. The Morgan fingerprint density at radius 3 is 2.82 bits per heavy atom. The molecule has 1 aliphatic rings. The number of hydrogen-bond acceptors (Lipinski definition) is 2. The van der Waals surface area contributed by atoms with Gasteiger partial charge < -0.3 is 5.32 Å². The quantitative estimate of drug-likeness (QED) is 0.643. The second kappa shape index (κ2) is 4.07. The molecule has 1 fully saturated rings. The first kappa shape index (κ1) is 9.01. The molecule has 0 aromatic rings. The van der Waals surface area contributed by atoms with Gasteiger partial charge in [0.05, 0.1) is 0 Å². The van der Waals surface area contributed by atoms with Gasteiger partial charge in [-0.3, -0.25) is 4.90 Å². The average molecular weight is 156 g/mol. The SMILES string of the molecule is CC[C@H]1CN(C(C)C)CCN1. The summed E-state index contributed by atoms with van der Waals surface area (Å²) < 4.78 is 0. The van der Waals surface area contributed by atoms with E-state index < -0.39 is 0 Å². The van der Waals surface area contributed by atoms with Crippen LogP contribution in [0.3, 0.4) is 0 Å². The number of nitrogens with one attached hydrogen (secondary N) is 1. The summed E-state index contributed by atoms with van der Waals surface area (Å²) in [5, 5.41) is 3.51. The van der Waals surface area contributed by atoms with E-state index in [9.17, 15) is 0 Å². The zero-order valence-electron chi connectivity index (χ0n) is 7.93. The van der Waals surface area contributed by atoms with Crippen molar-refractivity contribution in [3.63, 3.8) is 0 Å². The smallest absolute Gasteiger partial charge is 0.0193 e. The van der Waals surface area contributed by atoms with Crippen LogP contribution in [0.25, 0.3) is 0 Å². The van der Waals surface area contributed by atoms with E-state index in [4.69, 9.17) is 0 Å². The minimum absolute atomic E-state index is 0.714. The van der Waals surface area contributed by atoms with Crippen LogP contribution in [0.5, 0.6) is 0 Å². The highest BCUT2D eigenvalue weighted by Gasteiger charge is 2.18. The number of hydrogen-bond donors (Lipinski definition) is 1. The van der Waals surface area contributed by atoms with Crippen LogP contribution in [0.1, 0.15) is 27.2 Å². The standard InChI is InChI=1S/C9H20N2/c1-4-9-7-11(8(2)3)6-5-10-9/h8-10H,4-7H2,1-3H3/t9-/m0/s1. The van der Waals surface area contributed by atoms with Crippen LogP contribution in [-0.2, 0) is 0 Å². The monoisotopic (exact) mass is 156 g/mol. The summed E-state index contributed by atoms with van der Waals surface area (Å²) in [6.07, 6.45) is 1.25. The predicted molar refractivity (Wildman–Crippen MR) is 48.8 cm³/mol. The highest BCUT2D eigenvalue weighted by Crippen LogP contribution is 2.05. The van der Waals surface area contributed by atoms with Gasteiger partial charge in [-0.25, -0.2) is 0 Å². The molecule has 0 aliphatic carbocycles. The van der Waals surface area contributed by atoms with Gasteiger partial charge in [-0.2, -0.15) is 0 Å². The van der Waals surface area contributed by atoms with Gasteiger partial charge in [0.25, 0.3) is 0 Å². The predicted octanol–water partition coefficient (Wildman–Crippen LogP) is 1.08. The molecule has 0 saturated carbocycles. The fourth-order valence-electron chi connectivity index (χ4n) is 1.59. The van der Waals surface area contributed by atoms with Gasteiger partial charge in [-0.05, 0) is 20.3 Å². The fraction of sp³-hybridized carbons (Fsp3) is 1.00. The van der Waals surface area contributed by atoms with Gasteiger partial charge >= 0.3 is 0 Å². The summed E-state index contributed by atoms with van der Waals surface area (Å²) in [6.45, 7) is 10.4. The van der Waals surface area contributed by atoms with E-state index in [1.54, 1.807) is 0 Å². The maximum absolute atomic E-state index is 3.51. The summed E-state index contributed by atoms with van der Waals surface area (Å²) in [6, 6.07) is 1.44. The Labute approximate surface area is 70.0 Å². The van der Waals surface area contributed by atoms with Crippen LogP contribution in [0.4, 0.5) is 0 Å². The van der Waals surface area contributed by atoms with Crippen molar-refractivity contribution in [1.29, 1.82) is 0 Å². The lowest BCUT2D eigenvalue weighted by Gasteiger charge is -2.35. The van der Waals surface area contributed by atoms with E-state index in [-0.39, 0.29) is 0 Å². The molecule has 1 atom stereocenters. The second-order valence-corrected chi connectivity index (χ2v) is 3.65. The van der Waals surface area contributed by atoms with Crippen LogP contribution in [-0.4, -0.2) is 36.6 Å². The van der Waals surface area contributed by atoms with Crippen molar-refractivity contribution in [3.8, 4) is 0 Å². The third-order valence-corrected chi connectivity index (χ3v) is 2.51. The molecule has 0 radical (unpaired) electrons. The van der Waals surface area contributed by atoms with Crippen LogP contribution in [0, 0.1) is 0 Å². The Morgan fingerprint density at radius 2 is 2.27 bits per heavy atom. The summed E-state index contributed by atoms with van der Waals surface area (Å²) in [7, 11) is 0. The number of nitrogens with zero attached hydrogens (tertiary/aromatic N) is 1. The molecular weight excluding hydrogens is 136 g/mol. The lowest BCUT2D eigenvalue weighted by molar-refractivity contribution is 0.160. The van der Waals surface area contributed by atoms with Crippen molar-refractivity contribution < 1.29 is 0 Å². The molecule has 66 valence electrons. The normalized spacial score (nSPS) is 27.8. The first-order valence-electron chi connectivity index (χ1n) is 4.71. The van der Waals surface area contributed by atoms with E-state index >= 15 is 0 Å². The molecule has 0 unspecified atom stereocenters. The lowest BCUT2D eigenvalue weighted by atomic mass is 10.1. The molecule has 1 N–H and O–H groups in total. The number of piperazine rings is 1. The van der Waals surface area contributed by atoms with Gasteiger partial charge in [0.15, 0.2) is 0 Å². The maximum atomic E-state index is 3.51. The molecule has 1 aliphatic heterocycles. The zero-order chi connectivity index (χ0) is 8.27. The van der Waals surface area contributed by atoms with Crippen molar-refractivity contribution >= 4 is 0 Å². The Morgan fingerprint density at radius 1 is 1.55 bits per heavy atom. The highest BCUT2D eigenvalue weighted by molar-refractivity contribution is 4.78. The lowest BCUT2D eigenvalue weighted by Crippen LogP contribution is -2.52. The summed E-state index contributed by atoms with van der Waals surface area (Å²) in [5.74, 6) is 0. The first-order chi connectivity index (χ1) is 5.24. The molecule has 0 aromatic heterocycles. The minimum Gasteiger partial charge on any atom is -0.311 e. The van der Waals surface area contributed by atoms with E-state index in [1.165, 1.54) is 19.5 Å². The summed E-state index contributed by atoms with van der Waals surface area (Å²) >= 11 is 0. The van der Waals surface area contributed by atoms with Gasteiger partial charge in [0, 0.05) is 31.7 Å². The van der Waals surface area contributed by atoms with E-state index in [2.05, 4.69) is 31.0 Å². The molecule has 2 heteroatoms. The summed E-state index contributed by atoms with van der Waals surface area (Å²) in [4.78, 5) is 2.55. The molecule has 0 aromatic carbocycles. The molecule has 0 spiro atoms. The Kier molecular flexibility index (Phi) is 3.34. The third-order valence-electron chi connectivity index (χ3n) is 2.51. The van der Waals surface area contributed by atoms with Gasteiger partial charge in [-0.15, -0.1) is 0 Å². The molecular formula is C9H20N2. The number of rotatable bonds is 2. The molecule has 11 heavy (non-hydrogen) atoms. The molecule has 1 saturated heterocycles. The Hall–Kier alpha value is -0.0800. The van der Waals surface area contributed by atoms with Crippen LogP contribution < -0.4 is 5.32 Å². The van der Waals surface area contributed by atoms with Crippen molar-refractivity contribution in [2.45, 2.75) is 39.3 Å². The molecule has 1 rings (SSSR count). The van der Waals surface area contributed by atoms with Crippen LogP contribution in [0.2, 0.25) is 0 Å². The molecule has 0 amide bonds. The van der Waals surface area contributed by atoms with Crippen LogP contribution in [0.15, 0.2) is 0 Å². The topological polar surface area (TPSA) is 15.3 Å². The Balaban J connectivity index is 2.33. The largest absolute Gasteiger partial charge is 0.311 e. The second-order valence-electron chi connectivity index (χ2n) is 3.65. The summed E-state index contributed by atoms with van der Waals surface area (Å²) in [5.41, 5.74) is 0. The fourth-order valence-corrected chi connectivity index (χ4v) is 1.59. The first-order valence-corrected chi connectivity index (χ1v) is 4.71. The van der Waals surface area contributed by atoms with Crippen molar-refractivity contribution in [2.75, 3.05) is 19.6 Å². The third kappa shape index (κ3) is 2.46. The molecule has 0 bridgehead atoms. The highest BCUT2D eigenvalue weighted by atomic mass is 15.2. The van der Waals surface area contributed by atoms with E-state index in [1.807, 2.05) is 0 Å². The average Bonchev–Trinajstić information content (AvgIpc) is 2.05. The van der Waals surface area contributed by atoms with E-state index in [0.717, 1.165) is 12.6 Å². The Bertz CT molecular complexity index is 112. The molecule has 1 heterocycles. The van der Waals surface area contributed by atoms with E-state index in [0.29, 0.717) is 6.04 Å². The van der Waals surface area contributed by atoms with Gasteiger partial charge in [0.1, 0.15) is 0 Å². The van der Waals surface area contributed by atoms with Crippen LogP contribution >= 0.6 is 0 Å². The van der Waals surface area contributed by atoms with Crippen molar-refractivity contribution in [1.82, 2.24) is 10.2 Å².